The fourth-order valence-corrected chi connectivity index (χ4v) is 8.71. The van der Waals surface area contributed by atoms with Crippen molar-refractivity contribution in [1.29, 1.82) is 0 Å². The van der Waals surface area contributed by atoms with Gasteiger partial charge in [0.1, 0.15) is 17.6 Å². The lowest BCUT2D eigenvalue weighted by Crippen LogP contribution is -2.52. The molecular weight excluding hydrogens is 758 g/mol. The minimum absolute atomic E-state index is 0.0170. The van der Waals surface area contributed by atoms with E-state index in [1.165, 1.54) is 27.8 Å². The van der Waals surface area contributed by atoms with Crippen molar-refractivity contribution in [3.63, 3.8) is 0 Å². The number of amides is 3. The van der Waals surface area contributed by atoms with E-state index in [9.17, 15) is 31.9 Å². The van der Waals surface area contributed by atoms with Crippen LogP contribution in [0.3, 0.4) is 0 Å². The Bertz CT molecular complexity index is 2120. The zero-order chi connectivity index (χ0) is 40.4. The number of halogens is 4. The molecule has 2 aromatic heterocycles. The van der Waals surface area contributed by atoms with Crippen LogP contribution in [0.25, 0.3) is 16.9 Å². The van der Waals surface area contributed by atoms with Gasteiger partial charge in [0.05, 0.1) is 42.5 Å². The number of hydrogen-bond acceptors (Lipinski definition) is 8. The first-order valence-electron chi connectivity index (χ1n) is 20.0. The topological polar surface area (TPSA) is 132 Å². The first-order valence-corrected chi connectivity index (χ1v) is 20.0. The minimum atomic E-state index is -4.68. The molecule has 0 spiro atoms. The molecule has 4 atom stereocenters. The predicted octanol–water partition coefficient (Wildman–Crippen LogP) is 6.37. The molecule has 58 heavy (non-hydrogen) atoms. The summed E-state index contributed by atoms with van der Waals surface area (Å²) >= 11 is 0. The molecule has 5 heterocycles. The van der Waals surface area contributed by atoms with E-state index in [2.05, 4.69) is 20.6 Å². The van der Waals surface area contributed by atoms with Crippen molar-refractivity contribution in [3.8, 4) is 22.8 Å². The molecule has 2 saturated heterocycles. The molecule has 6 bridgehead atoms. The standard InChI is InChI=1S/C42H45F4N7O5/c43-31-9-11-34(12-10-31)53-23-33(49-50-53)25-58-35-21-37-41(56)51-15-13-26(18-38(54)47-32-7-2-1-3-8-32)29(22-51)14-16-57-39-20-30(42(44,45)46)19-36(48-39)27-5-4-6-28(17-27)40(55)52(37)24-35/h4-6,9-12,17,19-20,23,26,29,32,35,37H,1-3,7-8,13-16,18,21-22,24-25H2,(H,47,54)/t26-,29-,35+,37-/m0/s1. The van der Waals surface area contributed by atoms with Gasteiger partial charge in [-0.1, -0.05) is 36.6 Å². The lowest BCUT2D eigenvalue weighted by atomic mass is 9.80. The Labute approximate surface area is 332 Å². The molecule has 8 rings (SSSR count). The van der Waals surface area contributed by atoms with E-state index in [1.807, 2.05) is 0 Å². The highest BCUT2D eigenvalue weighted by molar-refractivity contribution is 5.99. The number of nitrogens with one attached hydrogen (secondary N) is 1. The second-order valence-electron chi connectivity index (χ2n) is 15.8. The molecule has 1 N–H and O–H groups in total. The Morgan fingerprint density at radius 1 is 0.948 bits per heavy atom. The Morgan fingerprint density at radius 3 is 2.53 bits per heavy atom. The van der Waals surface area contributed by atoms with Crippen LogP contribution < -0.4 is 10.1 Å². The predicted molar refractivity (Wildman–Crippen MR) is 202 cm³/mol. The molecule has 4 aliphatic rings. The number of rotatable bonds is 7. The van der Waals surface area contributed by atoms with Crippen LogP contribution in [-0.2, 0) is 27.1 Å². The molecule has 1 aliphatic carbocycles. The summed E-state index contributed by atoms with van der Waals surface area (Å²) in [6.07, 6.45) is 2.99. The lowest BCUT2D eigenvalue weighted by molar-refractivity contribution is -0.139. The van der Waals surface area contributed by atoms with E-state index >= 15 is 0 Å². The van der Waals surface area contributed by atoms with Gasteiger partial charge in [0.25, 0.3) is 5.91 Å². The first kappa shape index (κ1) is 39.4. The van der Waals surface area contributed by atoms with Crippen LogP contribution in [0.2, 0.25) is 0 Å². The first-order chi connectivity index (χ1) is 28.0. The summed E-state index contributed by atoms with van der Waals surface area (Å²) in [6, 6.07) is 13.0. The zero-order valence-electron chi connectivity index (χ0n) is 31.9. The van der Waals surface area contributed by atoms with Gasteiger partial charge >= 0.3 is 6.18 Å². The highest BCUT2D eigenvalue weighted by Gasteiger charge is 2.44. The van der Waals surface area contributed by atoms with Crippen LogP contribution >= 0.6 is 0 Å². The molecule has 0 radical (unpaired) electrons. The van der Waals surface area contributed by atoms with Crippen molar-refractivity contribution in [1.82, 2.24) is 35.1 Å². The van der Waals surface area contributed by atoms with E-state index < -0.39 is 29.8 Å². The number of aromatic nitrogens is 4. The third kappa shape index (κ3) is 9.01. The van der Waals surface area contributed by atoms with Gasteiger partial charge in [0.2, 0.25) is 17.7 Å². The molecule has 16 heteroatoms. The van der Waals surface area contributed by atoms with E-state index in [-0.39, 0.29) is 97.4 Å². The van der Waals surface area contributed by atoms with Crippen molar-refractivity contribution in [2.24, 2.45) is 11.8 Å². The number of benzene rings is 2. The van der Waals surface area contributed by atoms with Crippen molar-refractivity contribution < 1.29 is 41.4 Å². The molecule has 4 aromatic rings. The Hall–Kier alpha value is -5.38. The largest absolute Gasteiger partial charge is 0.478 e. The fraction of sp³-hybridized carbons (Fsp3) is 0.476. The van der Waals surface area contributed by atoms with Crippen LogP contribution in [0.15, 0.2) is 66.9 Å². The van der Waals surface area contributed by atoms with Crippen LogP contribution in [0.5, 0.6) is 5.88 Å². The van der Waals surface area contributed by atoms with Gasteiger partial charge in [-0.05, 0) is 80.0 Å². The van der Waals surface area contributed by atoms with Gasteiger partial charge in [-0.15, -0.1) is 5.10 Å². The number of nitrogens with zero attached hydrogens (tertiary/aromatic N) is 6. The average molecular weight is 804 g/mol. The summed E-state index contributed by atoms with van der Waals surface area (Å²) in [5, 5.41) is 11.5. The Morgan fingerprint density at radius 2 is 1.74 bits per heavy atom. The number of carbonyl (C=O) groups is 3. The van der Waals surface area contributed by atoms with Crippen LogP contribution in [0, 0.1) is 17.7 Å². The number of hydrogen-bond donors (Lipinski definition) is 1. The summed E-state index contributed by atoms with van der Waals surface area (Å²) in [5.74, 6) is -1.64. The molecule has 3 aliphatic heterocycles. The highest BCUT2D eigenvalue weighted by Crippen LogP contribution is 2.36. The van der Waals surface area contributed by atoms with Gasteiger partial charge < -0.3 is 24.6 Å². The second kappa shape index (κ2) is 16.8. The molecule has 3 amide bonds. The van der Waals surface area contributed by atoms with E-state index in [4.69, 9.17) is 9.47 Å². The third-order valence-corrected chi connectivity index (χ3v) is 11.8. The van der Waals surface area contributed by atoms with Crippen molar-refractivity contribution in [3.05, 3.63) is 89.5 Å². The Balaban J connectivity index is 1.07. The van der Waals surface area contributed by atoms with E-state index in [0.29, 0.717) is 30.8 Å². The van der Waals surface area contributed by atoms with Gasteiger partial charge in [-0.25, -0.2) is 14.1 Å². The van der Waals surface area contributed by atoms with Crippen molar-refractivity contribution in [2.75, 3.05) is 26.2 Å². The summed E-state index contributed by atoms with van der Waals surface area (Å²) in [7, 11) is 0. The molecule has 2 aromatic carbocycles. The summed E-state index contributed by atoms with van der Waals surface area (Å²) in [5.41, 5.74) is 0.593. The maximum atomic E-state index is 14.6. The maximum Gasteiger partial charge on any atom is 0.416 e. The van der Waals surface area contributed by atoms with Gasteiger partial charge in [0, 0.05) is 55.7 Å². The SMILES string of the molecule is O=C(C[C@@H]1CCN2C[C@@H]1CCOc1cc(C(F)(F)F)cc(n1)-c1cccc(c1)C(=O)N1C[C@H](OCc3cn(-c4ccc(F)cc4)nn3)C[C@H]1C2=O)NC1CCCCC1. The van der Waals surface area contributed by atoms with Gasteiger partial charge in [-0.2, -0.15) is 13.2 Å². The molecule has 1 saturated carbocycles. The number of fused-ring (bicyclic) bond motifs is 8. The monoisotopic (exact) mass is 803 g/mol. The summed E-state index contributed by atoms with van der Waals surface area (Å²) in [6.45, 7) is 0.798. The number of alkyl halides is 3. The third-order valence-electron chi connectivity index (χ3n) is 11.8. The van der Waals surface area contributed by atoms with E-state index in [0.717, 1.165) is 44.2 Å². The van der Waals surface area contributed by atoms with Crippen molar-refractivity contribution in [2.45, 2.75) is 88.8 Å². The second-order valence-corrected chi connectivity index (χ2v) is 15.8. The average Bonchev–Trinajstić information content (AvgIpc) is 3.88. The smallest absolute Gasteiger partial charge is 0.416 e. The summed E-state index contributed by atoms with van der Waals surface area (Å²) < 4.78 is 69.6. The van der Waals surface area contributed by atoms with Crippen LogP contribution in [0.4, 0.5) is 17.6 Å². The molecule has 0 unspecified atom stereocenters. The maximum absolute atomic E-state index is 14.6. The lowest BCUT2D eigenvalue weighted by Gasteiger charge is -2.40. The molecule has 12 nitrogen and oxygen atoms in total. The molecule has 306 valence electrons. The zero-order valence-corrected chi connectivity index (χ0v) is 31.9. The Kier molecular flexibility index (Phi) is 11.5. The normalized spacial score (nSPS) is 23.0. The van der Waals surface area contributed by atoms with Crippen molar-refractivity contribution >= 4 is 17.7 Å². The number of piperidine rings is 1. The molecular formula is C42H45F4N7O5. The minimum Gasteiger partial charge on any atom is -0.478 e. The number of carbonyl (C=O) groups excluding carboxylic acids is 3. The van der Waals surface area contributed by atoms with Crippen LogP contribution in [0.1, 0.15) is 79.4 Å². The number of ether oxygens (including phenoxy) is 2. The van der Waals surface area contributed by atoms with E-state index in [1.54, 1.807) is 41.4 Å². The molecule has 3 fully saturated rings. The summed E-state index contributed by atoms with van der Waals surface area (Å²) in [4.78, 5) is 49.9. The fourth-order valence-electron chi connectivity index (χ4n) is 8.71. The van der Waals surface area contributed by atoms with Gasteiger partial charge in [0.15, 0.2) is 0 Å². The quantitative estimate of drug-likeness (QED) is 0.213. The highest BCUT2D eigenvalue weighted by atomic mass is 19.4. The number of pyridine rings is 1. The van der Waals surface area contributed by atoms with Crippen LogP contribution in [-0.4, -0.2) is 91.9 Å². The van der Waals surface area contributed by atoms with Gasteiger partial charge in [-0.3, -0.25) is 14.4 Å².